The van der Waals surface area contributed by atoms with Gasteiger partial charge in [0.05, 0.1) is 20.3 Å². The van der Waals surface area contributed by atoms with Gasteiger partial charge in [0, 0.05) is 23.3 Å². The highest BCUT2D eigenvalue weighted by molar-refractivity contribution is 6.31. The van der Waals surface area contributed by atoms with Gasteiger partial charge in [0.1, 0.15) is 5.75 Å². The summed E-state index contributed by atoms with van der Waals surface area (Å²) in [6.45, 7) is 8.64. The van der Waals surface area contributed by atoms with Gasteiger partial charge >= 0.3 is 0 Å². The summed E-state index contributed by atoms with van der Waals surface area (Å²) in [6.07, 6.45) is 14.9. The van der Waals surface area contributed by atoms with Gasteiger partial charge in [0.25, 0.3) is 0 Å². The molecule has 1 spiro atoms. The van der Waals surface area contributed by atoms with Crippen LogP contribution in [-0.2, 0) is 15.9 Å². The molecule has 0 N–H and O–H groups in total. The van der Waals surface area contributed by atoms with E-state index in [1.807, 2.05) is 12.1 Å². The van der Waals surface area contributed by atoms with Gasteiger partial charge in [-0.05, 0) is 97.3 Å². The second kappa shape index (κ2) is 8.50. The minimum absolute atomic E-state index is 0.102. The molecule has 0 unspecified atom stereocenters. The summed E-state index contributed by atoms with van der Waals surface area (Å²) < 4.78 is 18.7. The number of rotatable bonds is 3. The largest absolute Gasteiger partial charge is 0.497 e. The normalized spacial score (nSPS) is 39.3. The van der Waals surface area contributed by atoms with Crippen molar-refractivity contribution in [2.75, 3.05) is 20.3 Å². The van der Waals surface area contributed by atoms with Crippen LogP contribution in [0.1, 0.15) is 84.1 Å². The summed E-state index contributed by atoms with van der Waals surface area (Å²) in [6, 6.07) is 6.18. The molecule has 1 aromatic rings. The predicted octanol–water partition coefficient (Wildman–Crippen LogP) is 7.99. The smallest absolute Gasteiger partial charge is 0.168 e. The van der Waals surface area contributed by atoms with E-state index in [1.54, 1.807) is 12.7 Å². The number of hydrogen-bond acceptors (Lipinski definition) is 3. The van der Waals surface area contributed by atoms with E-state index in [0.717, 1.165) is 61.5 Å². The third-order valence-corrected chi connectivity index (χ3v) is 11.1. The average molecular weight is 499 g/mol. The highest BCUT2D eigenvalue weighted by atomic mass is 35.5. The molecule has 1 heterocycles. The fourth-order valence-corrected chi connectivity index (χ4v) is 8.94. The molecule has 1 aliphatic heterocycles. The van der Waals surface area contributed by atoms with Gasteiger partial charge in [0.15, 0.2) is 5.79 Å². The van der Waals surface area contributed by atoms with Crippen LogP contribution in [0.3, 0.4) is 0 Å². The molecule has 0 amide bonds. The average Bonchev–Trinajstić information content (AvgIpc) is 3.25. The van der Waals surface area contributed by atoms with E-state index < -0.39 is 5.79 Å². The zero-order chi connectivity index (χ0) is 24.5. The maximum absolute atomic E-state index is 6.84. The minimum Gasteiger partial charge on any atom is -0.497 e. The Morgan fingerprint density at radius 2 is 1.83 bits per heavy atom. The van der Waals surface area contributed by atoms with Gasteiger partial charge in [-0.1, -0.05) is 50.4 Å². The summed E-state index contributed by atoms with van der Waals surface area (Å²) >= 11 is 6.84. The molecule has 5 aliphatic rings. The van der Waals surface area contributed by atoms with Crippen molar-refractivity contribution >= 4 is 11.6 Å². The molecule has 4 aliphatic carbocycles. The molecule has 0 aromatic heterocycles. The van der Waals surface area contributed by atoms with Gasteiger partial charge < -0.3 is 14.2 Å². The first-order valence-corrected chi connectivity index (χ1v) is 14.4. The topological polar surface area (TPSA) is 27.7 Å². The Morgan fingerprint density at radius 3 is 2.60 bits per heavy atom. The third-order valence-electron chi connectivity index (χ3n) is 10.7. The van der Waals surface area contributed by atoms with Crippen molar-refractivity contribution in [1.82, 2.24) is 0 Å². The molecule has 4 fully saturated rings. The number of halogens is 1. The lowest BCUT2D eigenvalue weighted by Gasteiger charge is -2.60. The van der Waals surface area contributed by atoms with Gasteiger partial charge in [-0.15, -0.1) is 0 Å². The molecule has 5 atom stereocenters. The molecular weight excluding hydrogens is 456 g/mol. The summed E-state index contributed by atoms with van der Waals surface area (Å²) in [4.78, 5) is 0. The molecule has 3 nitrogen and oxygen atoms in total. The third kappa shape index (κ3) is 3.99. The molecular formula is C31H43ClO3. The maximum Gasteiger partial charge on any atom is 0.168 e. The lowest BCUT2D eigenvalue weighted by Crippen LogP contribution is -2.57. The molecule has 192 valence electrons. The van der Waals surface area contributed by atoms with Gasteiger partial charge in [-0.25, -0.2) is 0 Å². The first-order chi connectivity index (χ1) is 16.7. The van der Waals surface area contributed by atoms with E-state index in [1.165, 1.54) is 44.1 Å². The Balaban J connectivity index is 1.38. The monoisotopic (exact) mass is 498 g/mol. The molecule has 6 rings (SSSR count). The van der Waals surface area contributed by atoms with Crippen molar-refractivity contribution in [2.24, 2.45) is 34.0 Å². The van der Waals surface area contributed by atoms with Crippen molar-refractivity contribution in [3.8, 4) is 5.75 Å². The quantitative estimate of drug-likeness (QED) is 0.395. The van der Waals surface area contributed by atoms with Crippen LogP contribution in [0.25, 0.3) is 0 Å². The van der Waals surface area contributed by atoms with Gasteiger partial charge in [-0.2, -0.15) is 0 Å². The van der Waals surface area contributed by atoms with Crippen LogP contribution in [0.15, 0.2) is 29.8 Å². The number of hydrogen-bond donors (Lipinski definition) is 0. The molecule has 4 heteroatoms. The Morgan fingerprint density at radius 1 is 1.03 bits per heavy atom. The van der Waals surface area contributed by atoms with Crippen LogP contribution in [0, 0.1) is 34.0 Å². The summed E-state index contributed by atoms with van der Waals surface area (Å²) in [5.41, 5.74) is 3.76. The fraction of sp³-hybridized carbons (Fsp3) is 0.742. The lowest BCUT2D eigenvalue weighted by molar-refractivity contribution is -0.324. The molecule has 3 saturated carbocycles. The van der Waals surface area contributed by atoms with Crippen LogP contribution < -0.4 is 4.74 Å². The van der Waals surface area contributed by atoms with Crippen LogP contribution in [0.4, 0.5) is 0 Å². The first-order valence-electron chi connectivity index (χ1n) is 14.0. The number of benzene rings is 1. The number of ether oxygens (including phenoxy) is 3. The number of allylic oxidation sites excluding steroid dienone is 2. The molecule has 1 aromatic carbocycles. The van der Waals surface area contributed by atoms with E-state index >= 15 is 0 Å². The first kappa shape index (κ1) is 24.3. The fourth-order valence-electron chi connectivity index (χ4n) is 8.76. The standard InChI is InChI=1S/C31H43ClO3/c1-28(2)19-34-31(35-20-28)15-14-30(17-21-16-23(33-4)8-10-27(21)32)22(18-31)7-9-24-25-6-5-12-29(25,3)13-11-26(24)30/h8,10-11,16,22,24-25H,5-7,9,12-15,17-20H2,1-4H3/t22-,24-,25-,29-,30+/m0/s1. The van der Waals surface area contributed by atoms with E-state index in [-0.39, 0.29) is 10.8 Å². The van der Waals surface area contributed by atoms with Crippen molar-refractivity contribution in [1.29, 1.82) is 0 Å². The minimum atomic E-state index is -0.397. The molecule has 0 radical (unpaired) electrons. The van der Waals surface area contributed by atoms with Crippen LogP contribution in [0.5, 0.6) is 5.75 Å². The second-order valence-electron chi connectivity index (χ2n) is 13.5. The zero-order valence-electron chi connectivity index (χ0n) is 22.1. The van der Waals surface area contributed by atoms with Crippen molar-refractivity contribution in [3.05, 3.63) is 40.4 Å². The van der Waals surface area contributed by atoms with Crippen molar-refractivity contribution in [2.45, 2.75) is 90.8 Å². The van der Waals surface area contributed by atoms with Gasteiger partial charge in [-0.3, -0.25) is 0 Å². The van der Waals surface area contributed by atoms with E-state index in [4.69, 9.17) is 25.8 Å². The summed E-state index contributed by atoms with van der Waals surface area (Å²) in [5.74, 6) is 2.65. The number of methoxy groups -OCH3 is 1. The maximum atomic E-state index is 6.84. The predicted molar refractivity (Wildman–Crippen MR) is 141 cm³/mol. The summed E-state index contributed by atoms with van der Waals surface area (Å²) in [5, 5.41) is 0.871. The van der Waals surface area contributed by atoms with Gasteiger partial charge in [0.2, 0.25) is 0 Å². The lowest BCUT2D eigenvalue weighted by atomic mass is 9.47. The van der Waals surface area contributed by atoms with Crippen LogP contribution >= 0.6 is 11.6 Å². The highest BCUT2D eigenvalue weighted by Gasteiger charge is 2.59. The summed E-state index contributed by atoms with van der Waals surface area (Å²) in [7, 11) is 1.75. The second-order valence-corrected chi connectivity index (χ2v) is 14.0. The number of fused-ring (bicyclic) bond motifs is 5. The van der Waals surface area contributed by atoms with Crippen LogP contribution in [0.2, 0.25) is 5.02 Å². The van der Waals surface area contributed by atoms with Crippen LogP contribution in [-0.4, -0.2) is 26.1 Å². The van der Waals surface area contributed by atoms with E-state index in [2.05, 4.69) is 32.9 Å². The van der Waals surface area contributed by atoms with E-state index in [0.29, 0.717) is 11.3 Å². The molecule has 1 saturated heterocycles. The Labute approximate surface area is 216 Å². The van der Waals surface area contributed by atoms with Crippen molar-refractivity contribution in [3.63, 3.8) is 0 Å². The highest BCUT2D eigenvalue weighted by Crippen LogP contribution is 2.66. The van der Waals surface area contributed by atoms with Crippen molar-refractivity contribution < 1.29 is 14.2 Å². The molecule has 0 bridgehead atoms. The Kier molecular flexibility index (Phi) is 5.90. The van der Waals surface area contributed by atoms with E-state index in [9.17, 15) is 0 Å². The SMILES string of the molecule is COc1ccc(Cl)c(C[C@]23CCC4(C[C@@H]2CC[C@@H]2C3=CC[C@]3(C)CCC[C@@H]23)OCC(C)(C)CO4)c1. The Bertz CT molecular complexity index is 1000. The molecule has 35 heavy (non-hydrogen) atoms. The zero-order valence-corrected chi connectivity index (χ0v) is 22.9. The Hall–Kier alpha value is -1.03.